The molecular weight excluding hydrogens is 268 g/mol. The van der Waals surface area contributed by atoms with E-state index in [9.17, 15) is 14.4 Å². The van der Waals surface area contributed by atoms with E-state index >= 15 is 0 Å². The van der Waals surface area contributed by atoms with Crippen LogP contribution in [0.1, 0.15) is 72.1 Å². The summed E-state index contributed by atoms with van der Waals surface area (Å²) in [4.78, 5) is 37.7. The van der Waals surface area contributed by atoms with Crippen molar-refractivity contribution in [1.82, 2.24) is 10.2 Å². The van der Waals surface area contributed by atoms with Gasteiger partial charge < -0.3 is 0 Å². The molecule has 1 aliphatic rings. The maximum absolute atomic E-state index is 12.5. The van der Waals surface area contributed by atoms with Crippen LogP contribution in [0.25, 0.3) is 0 Å². The van der Waals surface area contributed by atoms with Gasteiger partial charge in [-0.25, -0.2) is 4.79 Å². The van der Waals surface area contributed by atoms with E-state index in [1.165, 1.54) is 24.2 Å². The lowest BCUT2D eigenvalue weighted by atomic mass is 9.78. The summed E-state index contributed by atoms with van der Waals surface area (Å²) >= 11 is 0. The Balaban J connectivity index is 2.58. The van der Waals surface area contributed by atoms with Crippen LogP contribution in [-0.2, 0) is 9.59 Å². The van der Waals surface area contributed by atoms with Crippen LogP contribution in [0.3, 0.4) is 0 Å². The number of barbiturate groups is 1. The molecule has 0 atom stereocenters. The van der Waals surface area contributed by atoms with Crippen LogP contribution < -0.4 is 5.32 Å². The highest BCUT2D eigenvalue weighted by Gasteiger charge is 2.51. The highest BCUT2D eigenvalue weighted by molar-refractivity contribution is 6.19. The van der Waals surface area contributed by atoms with Gasteiger partial charge in [0, 0.05) is 6.54 Å². The smallest absolute Gasteiger partial charge is 0.277 e. The molecule has 0 aliphatic carbocycles. The Kier molecular flexibility index (Phi) is 6.85. The molecule has 1 N–H and O–H groups in total. The number of hydrogen-bond donors (Lipinski definition) is 1. The zero-order valence-electron chi connectivity index (χ0n) is 13.5. The average Bonchev–Trinajstić information content (AvgIpc) is 2.47. The molecule has 21 heavy (non-hydrogen) atoms. The lowest BCUT2D eigenvalue weighted by Gasteiger charge is -2.38. The predicted molar refractivity (Wildman–Crippen MR) is 81.6 cm³/mol. The van der Waals surface area contributed by atoms with Gasteiger partial charge >= 0.3 is 6.03 Å². The van der Waals surface area contributed by atoms with Crippen LogP contribution in [-0.4, -0.2) is 29.3 Å². The molecule has 0 aromatic heterocycles. The summed E-state index contributed by atoms with van der Waals surface area (Å²) in [5.74, 6) is -0.767. The van der Waals surface area contributed by atoms with Gasteiger partial charge in [0.1, 0.15) is 5.41 Å². The normalized spacial score (nSPS) is 18.0. The quantitative estimate of drug-likeness (QED) is 0.524. The number of nitrogens with zero attached hydrogens (tertiary/aromatic N) is 1. The Labute approximate surface area is 127 Å². The van der Waals surface area contributed by atoms with Gasteiger partial charge in [0.15, 0.2) is 0 Å². The third-order valence-corrected chi connectivity index (χ3v) is 4.50. The van der Waals surface area contributed by atoms with Crippen LogP contribution in [0.2, 0.25) is 0 Å². The lowest BCUT2D eigenvalue weighted by molar-refractivity contribution is -0.152. The van der Waals surface area contributed by atoms with Crippen LogP contribution in [0.5, 0.6) is 0 Å². The second-order valence-electron chi connectivity index (χ2n) is 5.77. The molecule has 1 aliphatic heterocycles. The van der Waals surface area contributed by atoms with Gasteiger partial charge in [-0.3, -0.25) is 19.8 Å². The van der Waals surface area contributed by atoms with Crippen molar-refractivity contribution in [2.24, 2.45) is 5.41 Å². The monoisotopic (exact) mass is 296 g/mol. The minimum atomic E-state index is -1.06. The third kappa shape index (κ3) is 3.83. The molecule has 5 nitrogen and oxygen atoms in total. The molecule has 4 amide bonds. The zero-order chi connectivity index (χ0) is 15.9. The summed E-state index contributed by atoms with van der Waals surface area (Å²) in [6, 6.07) is -0.559. The molecule has 1 fully saturated rings. The van der Waals surface area contributed by atoms with E-state index in [0.29, 0.717) is 19.4 Å². The molecule has 5 heteroatoms. The number of imide groups is 2. The van der Waals surface area contributed by atoms with Crippen molar-refractivity contribution < 1.29 is 14.4 Å². The van der Waals surface area contributed by atoms with E-state index in [0.717, 1.165) is 19.3 Å². The molecule has 0 saturated carbocycles. The number of nitrogens with one attached hydrogen (secondary N) is 1. The number of amides is 4. The molecule has 1 saturated heterocycles. The number of urea groups is 1. The summed E-state index contributed by atoms with van der Waals surface area (Å²) in [5.41, 5.74) is -1.06. The van der Waals surface area contributed by atoms with E-state index in [1.807, 2.05) is 13.8 Å². The first-order valence-electron chi connectivity index (χ1n) is 8.20. The summed E-state index contributed by atoms with van der Waals surface area (Å²) in [5, 5.41) is 2.34. The van der Waals surface area contributed by atoms with Gasteiger partial charge in [-0.15, -0.1) is 0 Å². The van der Waals surface area contributed by atoms with Gasteiger partial charge in [-0.05, 0) is 19.3 Å². The van der Waals surface area contributed by atoms with Crippen LogP contribution in [0.4, 0.5) is 4.79 Å². The van der Waals surface area contributed by atoms with Crippen molar-refractivity contribution in [3.63, 3.8) is 0 Å². The SMILES string of the molecule is CCCCCCCCN1C(=O)NC(=O)C(CC)(CC)C1=O. The number of carbonyl (C=O) groups is 3. The molecule has 0 radical (unpaired) electrons. The molecule has 0 aromatic rings. The summed E-state index contributed by atoms with van der Waals surface area (Å²) in [6.07, 6.45) is 7.42. The van der Waals surface area contributed by atoms with E-state index in [-0.39, 0.29) is 5.91 Å². The molecule has 0 spiro atoms. The number of hydrogen-bond acceptors (Lipinski definition) is 3. The highest BCUT2D eigenvalue weighted by atomic mass is 16.2. The Morgan fingerprint density at radius 2 is 1.48 bits per heavy atom. The average molecular weight is 296 g/mol. The summed E-state index contributed by atoms with van der Waals surface area (Å²) in [7, 11) is 0. The first-order chi connectivity index (χ1) is 10.0. The van der Waals surface area contributed by atoms with Gasteiger partial charge in [-0.2, -0.15) is 0 Å². The molecule has 0 bridgehead atoms. The van der Waals surface area contributed by atoms with E-state index < -0.39 is 17.4 Å². The van der Waals surface area contributed by atoms with Gasteiger partial charge in [-0.1, -0.05) is 52.9 Å². The number of carbonyl (C=O) groups excluding carboxylic acids is 3. The second kappa shape index (κ2) is 8.15. The summed E-state index contributed by atoms with van der Waals surface area (Å²) in [6.45, 7) is 6.22. The third-order valence-electron chi connectivity index (χ3n) is 4.50. The maximum atomic E-state index is 12.5. The molecule has 120 valence electrons. The molecular formula is C16H28N2O3. The van der Waals surface area contributed by atoms with E-state index in [1.54, 1.807) is 0 Å². The fraction of sp³-hybridized carbons (Fsp3) is 0.812. The van der Waals surface area contributed by atoms with Crippen molar-refractivity contribution in [3.05, 3.63) is 0 Å². The highest BCUT2D eigenvalue weighted by Crippen LogP contribution is 2.32. The molecule has 0 unspecified atom stereocenters. The topological polar surface area (TPSA) is 66.5 Å². The van der Waals surface area contributed by atoms with Gasteiger partial charge in [0.25, 0.3) is 0 Å². The van der Waals surface area contributed by atoms with Crippen LogP contribution in [0, 0.1) is 5.41 Å². The second-order valence-corrected chi connectivity index (χ2v) is 5.77. The van der Waals surface area contributed by atoms with Crippen LogP contribution >= 0.6 is 0 Å². The fourth-order valence-corrected chi connectivity index (χ4v) is 2.86. The Morgan fingerprint density at radius 3 is 2.05 bits per heavy atom. The maximum Gasteiger partial charge on any atom is 0.330 e. The van der Waals surface area contributed by atoms with Crippen molar-refractivity contribution in [3.8, 4) is 0 Å². The first kappa shape index (κ1) is 17.7. The minimum Gasteiger partial charge on any atom is -0.277 e. The van der Waals surface area contributed by atoms with Crippen LogP contribution in [0.15, 0.2) is 0 Å². The number of rotatable bonds is 9. The van der Waals surface area contributed by atoms with Crippen molar-refractivity contribution in [1.29, 1.82) is 0 Å². The summed E-state index contributed by atoms with van der Waals surface area (Å²) < 4.78 is 0. The molecule has 1 rings (SSSR count). The number of unbranched alkanes of at least 4 members (excludes halogenated alkanes) is 5. The van der Waals surface area contributed by atoms with E-state index in [2.05, 4.69) is 12.2 Å². The Hall–Kier alpha value is -1.39. The fourth-order valence-electron chi connectivity index (χ4n) is 2.86. The molecule has 0 aromatic carbocycles. The molecule has 1 heterocycles. The largest absolute Gasteiger partial charge is 0.330 e. The first-order valence-corrected chi connectivity index (χ1v) is 8.20. The minimum absolute atomic E-state index is 0.324. The van der Waals surface area contributed by atoms with E-state index in [4.69, 9.17) is 0 Å². The van der Waals surface area contributed by atoms with Crippen molar-refractivity contribution >= 4 is 17.8 Å². The standard InChI is InChI=1S/C16H28N2O3/c1-4-7-8-9-10-11-12-18-14(20)16(5-2,6-3)13(19)17-15(18)21/h4-12H2,1-3H3,(H,17,19,21). The zero-order valence-corrected chi connectivity index (χ0v) is 13.5. The Morgan fingerprint density at radius 1 is 0.905 bits per heavy atom. The van der Waals surface area contributed by atoms with Crippen molar-refractivity contribution in [2.45, 2.75) is 72.1 Å². The van der Waals surface area contributed by atoms with Gasteiger partial charge in [0.05, 0.1) is 0 Å². The predicted octanol–water partition coefficient (Wildman–Crippen LogP) is 3.23. The Bertz CT molecular complexity index is 389. The lowest BCUT2D eigenvalue weighted by Crippen LogP contribution is -2.63. The van der Waals surface area contributed by atoms with Crippen molar-refractivity contribution in [2.75, 3.05) is 6.54 Å². The van der Waals surface area contributed by atoms with Gasteiger partial charge in [0.2, 0.25) is 11.8 Å².